The SMILES string of the molecule is Clc1ccnc(CN2C[C@H]3CNC[C@H]3C2)c1. The molecule has 2 fully saturated rings. The van der Waals surface area contributed by atoms with Crippen molar-refractivity contribution in [2.24, 2.45) is 11.8 Å². The Hall–Kier alpha value is -0.640. The van der Waals surface area contributed by atoms with E-state index in [0.29, 0.717) is 0 Å². The minimum atomic E-state index is 0.783. The Morgan fingerprint density at radius 1 is 1.38 bits per heavy atom. The van der Waals surface area contributed by atoms with Gasteiger partial charge in [0.1, 0.15) is 0 Å². The van der Waals surface area contributed by atoms with Crippen LogP contribution in [-0.2, 0) is 6.54 Å². The second kappa shape index (κ2) is 4.32. The maximum absolute atomic E-state index is 5.96. The first kappa shape index (κ1) is 10.5. The summed E-state index contributed by atoms with van der Waals surface area (Å²) in [6, 6.07) is 3.79. The highest BCUT2D eigenvalue weighted by Gasteiger charge is 2.35. The molecular weight excluding hydrogens is 222 g/mol. The summed E-state index contributed by atoms with van der Waals surface area (Å²) < 4.78 is 0. The van der Waals surface area contributed by atoms with Gasteiger partial charge in [-0.3, -0.25) is 9.88 Å². The summed E-state index contributed by atoms with van der Waals surface area (Å²) in [7, 11) is 0. The van der Waals surface area contributed by atoms with Gasteiger partial charge < -0.3 is 5.32 Å². The molecule has 3 nitrogen and oxygen atoms in total. The molecule has 1 N–H and O–H groups in total. The number of fused-ring (bicyclic) bond motifs is 1. The van der Waals surface area contributed by atoms with E-state index in [1.54, 1.807) is 6.20 Å². The van der Waals surface area contributed by atoms with E-state index in [9.17, 15) is 0 Å². The summed E-state index contributed by atoms with van der Waals surface area (Å²) in [6.45, 7) is 5.71. The predicted molar refractivity (Wildman–Crippen MR) is 64.4 cm³/mol. The number of hydrogen-bond donors (Lipinski definition) is 1. The Morgan fingerprint density at radius 3 is 2.81 bits per heavy atom. The second-order valence-electron chi connectivity index (χ2n) is 4.84. The molecule has 0 spiro atoms. The van der Waals surface area contributed by atoms with Crippen LogP contribution in [0.1, 0.15) is 5.69 Å². The minimum absolute atomic E-state index is 0.783. The Balaban J connectivity index is 1.64. The first-order valence-electron chi connectivity index (χ1n) is 5.85. The molecule has 86 valence electrons. The zero-order valence-corrected chi connectivity index (χ0v) is 9.95. The van der Waals surface area contributed by atoms with Crippen LogP contribution in [-0.4, -0.2) is 36.1 Å². The minimum Gasteiger partial charge on any atom is -0.316 e. The van der Waals surface area contributed by atoms with E-state index in [4.69, 9.17) is 11.6 Å². The van der Waals surface area contributed by atoms with Crippen LogP contribution in [0.5, 0.6) is 0 Å². The zero-order valence-electron chi connectivity index (χ0n) is 9.19. The van der Waals surface area contributed by atoms with Crippen LogP contribution in [0.4, 0.5) is 0 Å². The third-order valence-corrected chi connectivity index (χ3v) is 3.86. The van der Waals surface area contributed by atoms with Gasteiger partial charge in [-0.1, -0.05) is 11.6 Å². The smallest absolute Gasteiger partial charge is 0.0558 e. The van der Waals surface area contributed by atoms with E-state index in [2.05, 4.69) is 15.2 Å². The van der Waals surface area contributed by atoms with E-state index in [1.165, 1.54) is 26.2 Å². The lowest BCUT2D eigenvalue weighted by Crippen LogP contribution is -2.25. The summed E-state index contributed by atoms with van der Waals surface area (Å²) >= 11 is 5.96. The lowest BCUT2D eigenvalue weighted by atomic mass is 10.0. The Morgan fingerprint density at radius 2 is 2.12 bits per heavy atom. The van der Waals surface area contributed by atoms with E-state index in [-0.39, 0.29) is 0 Å². The largest absolute Gasteiger partial charge is 0.316 e. The van der Waals surface area contributed by atoms with E-state index < -0.39 is 0 Å². The lowest BCUT2D eigenvalue weighted by molar-refractivity contribution is 0.302. The van der Waals surface area contributed by atoms with Crippen LogP contribution in [0, 0.1) is 11.8 Å². The molecule has 0 aromatic carbocycles. The van der Waals surface area contributed by atoms with Crippen molar-refractivity contribution in [1.82, 2.24) is 15.2 Å². The predicted octanol–water partition coefficient (Wildman–Crippen LogP) is 1.39. The van der Waals surface area contributed by atoms with E-state index >= 15 is 0 Å². The maximum Gasteiger partial charge on any atom is 0.0558 e. The molecule has 3 heterocycles. The van der Waals surface area contributed by atoms with Gasteiger partial charge in [-0.25, -0.2) is 0 Å². The summed E-state index contributed by atoms with van der Waals surface area (Å²) in [5.41, 5.74) is 1.08. The average Bonchev–Trinajstić information content (AvgIpc) is 2.77. The standard InChI is InChI=1S/C12H16ClN3/c13-11-1-2-15-12(3-11)8-16-6-9-4-14-5-10(9)7-16/h1-3,9-10,14H,4-8H2/t9-,10+. The maximum atomic E-state index is 5.96. The van der Waals surface area contributed by atoms with Crippen molar-refractivity contribution in [2.45, 2.75) is 6.54 Å². The van der Waals surface area contributed by atoms with Gasteiger partial charge in [0, 0.05) is 30.9 Å². The Bertz CT molecular complexity index is 370. The van der Waals surface area contributed by atoms with Crippen molar-refractivity contribution in [2.75, 3.05) is 26.2 Å². The van der Waals surface area contributed by atoms with Crippen LogP contribution in [0.2, 0.25) is 5.02 Å². The van der Waals surface area contributed by atoms with Crippen molar-refractivity contribution in [3.05, 3.63) is 29.0 Å². The molecule has 1 aromatic heterocycles. The molecular formula is C12H16ClN3. The number of hydrogen-bond acceptors (Lipinski definition) is 3. The number of likely N-dealkylation sites (tertiary alicyclic amines) is 1. The molecule has 0 amide bonds. The van der Waals surface area contributed by atoms with Gasteiger partial charge in [0.2, 0.25) is 0 Å². The zero-order chi connectivity index (χ0) is 11.0. The second-order valence-corrected chi connectivity index (χ2v) is 5.27. The third-order valence-electron chi connectivity index (χ3n) is 3.63. The van der Waals surface area contributed by atoms with Crippen molar-refractivity contribution < 1.29 is 0 Å². The third kappa shape index (κ3) is 2.08. The molecule has 16 heavy (non-hydrogen) atoms. The van der Waals surface area contributed by atoms with Gasteiger partial charge in [0.25, 0.3) is 0 Å². The molecule has 0 aliphatic carbocycles. The molecule has 2 saturated heterocycles. The Labute approximate surface area is 101 Å². The highest BCUT2D eigenvalue weighted by atomic mass is 35.5. The van der Waals surface area contributed by atoms with Gasteiger partial charge >= 0.3 is 0 Å². The quantitative estimate of drug-likeness (QED) is 0.843. The molecule has 0 saturated carbocycles. The fraction of sp³-hybridized carbons (Fsp3) is 0.583. The van der Waals surface area contributed by atoms with Crippen LogP contribution in [0.25, 0.3) is 0 Å². The van der Waals surface area contributed by atoms with Gasteiger partial charge in [-0.05, 0) is 37.1 Å². The van der Waals surface area contributed by atoms with Crippen LogP contribution in [0.3, 0.4) is 0 Å². The highest BCUT2D eigenvalue weighted by molar-refractivity contribution is 6.30. The van der Waals surface area contributed by atoms with E-state index in [0.717, 1.165) is 29.1 Å². The van der Waals surface area contributed by atoms with Crippen LogP contribution in [0.15, 0.2) is 18.3 Å². The molecule has 2 aliphatic rings. The number of aromatic nitrogens is 1. The van der Waals surface area contributed by atoms with Gasteiger partial charge in [-0.15, -0.1) is 0 Å². The number of pyridine rings is 1. The first-order valence-corrected chi connectivity index (χ1v) is 6.22. The molecule has 1 aromatic rings. The lowest BCUT2D eigenvalue weighted by Gasteiger charge is -2.16. The molecule has 2 aliphatic heterocycles. The van der Waals surface area contributed by atoms with Gasteiger partial charge in [0.15, 0.2) is 0 Å². The fourth-order valence-electron chi connectivity index (χ4n) is 2.85. The average molecular weight is 238 g/mol. The normalized spacial score (nSPS) is 29.6. The Kier molecular flexibility index (Phi) is 2.84. The monoisotopic (exact) mass is 237 g/mol. The van der Waals surface area contributed by atoms with Crippen molar-refractivity contribution in [3.8, 4) is 0 Å². The number of nitrogens with zero attached hydrogens (tertiary/aromatic N) is 2. The first-order chi connectivity index (χ1) is 7.81. The van der Waals surface area contributed by atoms with Crippen LogP contribution < -0.4 is 5.32 Å². The van der Waals surface area contributed by atoms with Gasteiger partial charge in [-0.2, -0.15) is 0 Å². The summed E-state index contributed by atoms with van der Waals surface area (Å²) in [5.74, 6) is 1.69. The molecule has 0 unspecified atom stereocenters. The number of halogens is 1. The number of nitrogens with one attached hydrogen (secondary N) is 1. The summed E-state index contributed by atoms with van der Waals surface area (Å²) in [6.07, 6.45) is 1.79. The topological polar surface area (TPSA) is 28.2 Å². The molecule has 0 bridgehead atoms. The number of rotatable bonds is 2. The van der Waals surface area contributed by atoms with Crippen molar-refractivity contribution >= 4 is 11.6 Å². The highest BCUT2D eigenvalue weighted by Crippen LogP contribution is 2.27. The van der Waals surface area contributed by atoms with E-state index in [1.807, 2.05) is 12.1 Å². The molecule has 2 atom stereocenters. The fourth-order valence-corrected chi connectivity index (χ4v) is 3.03. The van der Waals surface area contributed by atoms with Crippen LogP contribution >= 0.6 is 11.6 Å². The molecule has 3 rings (SSSR count). The molecule has 0 radical (unpaired) electrons. The van der Waals surface area contributed by atoms with Crippen molar-refractivity contribution in [1.29, 1.82) is 0 Å². The molecule has 4 heteroatoms. The summed E-state index contributed by atoms with van der Waals surface area (Å²) in [5, 5.41) is 4.24. The van der Waals surface area contributed by atoms with Gasteiger partial charge in [0.05, 0.1) is 5.69 Å². The summed E-state index contributed by atoms with van der Waals surface area (Å²) in [4.78, 5) is 6.85. The van der Waals surface area contributed by atoms with Crippen molar-refractivity contribution in [3.63, 3.8) is 0 Å².